The van der Waals surface area contributed by atoms with Crippen LogP contribution in [0.5, 0.6) is 0 Å². The molecule has 0 aliphatic rings. The summed E-state index contributed by atoms with van der Waals surface area (Å²) >= 11 is 0. The monoisotopic (exact) mass is 257 g/mol. The van der Waals surface area contributed by atoms with Gasteiger partial charge in [-0.1, -0.05) is 17.7 Å². The highest BCUT2D eigenvalue weighted by Crippen LogP contribution is 2.24. The number of hydrogen-bond acceptors (Lipinski definition) is 5. The Hall–Kier alpha value is -2.43. The first-order chi connectivity index (χ1) is 9.13. The summed E-state index contributed by atoms with van der Waals surface area (Å²) in [6.45, 7) is 2.02. The van der Waals surface area contributed by atoms with Crippen LogP contribution >= 0.6 is 0 Å². The van der Waals surface area contributed by atoms with E-state index in [0.29, 0.717) is 11.4 Å². The molecule has 0 aliphatic heterocycles. The molecule has 0 amide bonds. The predicted octanol–water partition coefficient (Wildman–Crippen LogP) is 2.34. The van der Waals surface area contributed by atoms with Crippen LogP contribution in [0.15, 0.2) is 36.8 Å². The van der Waals surface area contributed by atoms with Crippen LogP contribution in [0.2, 0.25) is 0 Å². The van der Waals surface area contributed by atoms with Crippen molar-refractivity contribution in [2.75, 3.05) is 19.1 Å². The van der Waals surface area contributed by atoms with Crippen LogP contribution < -0.4 is 4.90 Å². The Balaban J connectivity index is 2.41. The van der Waals surface area contributed by atoms with E-state index in [2.05, 4.69) is 9.97 Å². The van der Waals surface area contributed by atoms with Crippen LogP contribution in [0.1, 0.15) is 15.9 Å². The Morgan fingerprint density at radius 3 is 2.58 bits per heavy atom. The normalized spacial score (nSPS) is 10.1. The third-order valence-electron chi connectivity index (χ3n) is 2.84. The van der Waals surface area contributed by atoms with Crippen molar-refractivity contribution in [3.8, 4) is 0 Å². The Morgan fingerprint density at radius 2 is 1.95 bits per heavy atom. The van der Waals surface area contributed by atoms with Gasteiger partial charge in [0.2, 0.25) is 0 Å². The van der Waals surface area contributed by atoms with Crippen LogP contribution in [-0.2, 0) is 4.74 Å². The van der Waals surface area contributed by atoms with E-state index in [9.17, 15) is 4.79 Å². The highest BCUT2D eigenvalue weighted by molar-refractivity contribution is 5.95. The van der Waals surface area contributed by atoms with Crippen molar-refractivity contribution >= 4 is 17.5 Å². The van der Waals surface area contributed by atoms with Crippen LogP contribution in [0.4, 0.5) is 11.5 Å². The van der Waals surface area contributed by atoms with Gasteiger partial charge in [-0.05, 0) is 19.1 Å². The number of carbonyl (C=O) groups excluding carboxylic acids is 1. The zero-order valence-electron chi connectivity index (χ0n) is 11.1. The maximum Gasteiger partial charge on any atom is 0.343 e. The van der Waals surface area contributed by atoms with E-state index < -0.39 is 5.97 Å². The van der Waals surface area contributed by atoms with Gasteiger partial charge < -0.3 is 9.64 Å². The lowest BCUT2D eigenvalue weighted by Crippen LogP contribution is -2.16. The summed E-state index contributed by atoms with van der Waals surface area (Å²) in [6.07, 6.45) is 2.87. The lowest BCUT2D eigenvalue weighted by Gasteiger charge is -2.20. The molecular weight excluding hydrogens is 242 g/mol. The summed E-state index contributed by atoms with van der Waals surface area (Å²) in [5.41, 5.74) is 2.45. The van der Waals surface area contributed by atoms with Gasteiger partial charge in [0.25, 0.3) is 0 Å². The van der Waals surface area contributed by atoms with E-state index in [1.165, 1.54) is 25.2 Å². The Bertz CT molecular complexity index is 581. The maximum absolute atomic E-state index is 11.7. The van der Waals surface area contributed by atoms with Crippen molar-refractivity contribution in [1.82, 2.24) is 9.97 Å². The number of rotatable bonds is 3. The topological polar surface area (TPSA) is 55.3 Å². The highest BCUT2D eigenvalue weighted by Gasteiger charge is 2.17. The lowest BCUT2D eigenvalue weighted by molar-refractivity contribution is 0.0600. The van der Waals surface area contributed by atoms with Gasteiger partial charge in [0.1, 0.15) is 11.9 Å². The van der Waals surface area contributed by atoms with Gasteiger partial charge >= 0.3 is 5.97 Å². The molecule has 5 heteroatoms. The molecule has 0 saturated heterocycles. The van der Waals surface area contributed by atoms with Crippen molar-refractivity contribution in [3.63, 3.8) is 0 Å². The minimum absolute atomic E-state index is 0.341. The third-order valence-corrected chi connectivity index (χ3v) is 2.84. The number of esters is 1. The molecule has 1 heterocycles. The van der Waals surface area contributed by atoms with E-state index in [-0.39, 0.29) is 0 Å². The first kappa shape index (κ1) is 13.0. The number of carbonyl (C=O) groups is 1. The van der Waals surface area contributed by atoms with Gasteiger partial charge in [-0.15, -0.1) is 0 Å². The molecule has 0 N–H and O–H groups in total. The third kappa shape index (κ3) is 2.70. The number of nitrogens with zero attached hydrogens (tertiary/aromatic N) is 3. The molecule has 0 fully saturated rings. The smallest absolute Gasteiger partial charge is 0.343 e. The zero-order chi connectivity index (χ0) is 13.8. The predicted molar refractivity (Wildman–Crippen MR) is 72.6 cm³/mol. The Kier molecular flexibility index (Phi) is 3.75. The van der Waals surface area contributed by atoms with Crippen molar-refractivity contribution in [2.45, 2.75) is 6.92 Å². The second kappa shape index (κ2) is 5.48. The SMILES string of the molecule is COC(=O)c1cncnc1N(C)c1ccc(C)cc1. The Morgan fingerprint density at radius 1 is 1.26 bits per heavy atom. The molecule has 5 nitrogen and oxygen atoms in total. The Labute approximate surface area is 111 Å². The molecule has 0 spiro atoms. The summed E-state index contributed by atoms with van der Waals surface area (Å²) in [6, 6.07) is 7.95. The average molecular weight is 257 g/mol. The molecular formula is C14H15N3O2. The fourth-order valence-electron chi connectivity index (χ4n) is 1.74. The quantitative estimate of drug-likeness (QED) is 0.790. The molecule has 1 aromatic heterocycles. The van der Waals surface area contributed by atoms with Gasteiger partial charge in [-0.25, -0.2) is 14.8 Å². The largest absolute Gasteiger partial charge is 0.465 e. The second-order valence-corrected chi connectivity index (χ2v) is 4.15. The summed E-state index contributed by atoms with van der Waals surface area (Å²) in [5.74, 6) is 0.0697. The second-order valence-electron chi connectivity index (χ2n) is 4.15. The van der Waals surface area contributed by atoms with Gasteiger partial charge in [-0.2, -0.15) is 0 Å². The molecule has 2 rings (SSSR count). The molecule has 0 aliphatic carbocycles. The summed E-state index contributed by atoms with van der Waals surface area (Å²) in [7, 11) is 3.18. The maximum atomic E-state index is 11.7. The minimum Gasteiger partial charge on any atom is -0.465 e. The number of benzene rings is 1. The fourth-order valence-corrected chi connectivity index (χ4v) is 1.74. The number of ether oxygens (including phenoxy) is 1. The number of hydrogen-bond donors (Lipinski definition) is 0. The average Bonchev–Trinajstić information content (AvgIpc) is 2.46. The van der Waals surface area contributed by atoms with Gasteiger partial charge in [-0.3, -0.25) is 0 Å². The fraction of sp³-hybridized carbons (Fsp3) is 0.214. The van der Waals surface area contributed by atoms with Crippen molar-refractivity contribution in [1.29, 1.82) is 0 Å². The van der Waals surface area contributed by atoms with Crippen LogP contribution in [0, 0.1) is 6.92 Å². The molecule has 2 aromatic rings. The summed E-state index contributed by atoms with van der Waals surface area (Å²) < 4.78 is 4.74. The first-order valence-corrected chi connectivity index (χ1v) is 5.82. The summed E-state index contributed by atoms with van der Waals surface area (Å²) in [5, 5.41) is 0. The molecule has 19 heavy (non-hydrogen) atoms. The zero-order valence-corrected chi connectivity index (χ0v) is 11.1. The summed E-state index contributed by atoms with van der Waals surface area (Å²) in [4.78, 5) is 21.5. The standard InChI is InChI=1S/C14H15N3O2/c1-10-4-6-11(7-5-10)17(2)13-12(14(18)19-3)8-15-9-16-13/h4-9H,1-3H3. The molecule has 0 atom stereocenters. The van der Waals surface area contributed by atoms with Crippen molar-refractivity contribution in [3.05, 3.63) is 47.9 Å². The van der Waals surface area contributed by atoms with E-state index in [1.807, 2.05) is 43.1 Å². The molecule has 0 unspecified atom stereocenters. The molecule has 0 radical (unpaired) electrons. The van der Waals surface area contributed by atoms with Crippen LogP contribution in [0.25, 0.3) is 0 Å². The lowest BCUT2D eigenvalue weighted by atomic mass is 10.2. The highest BCUT2D eigenvalue weighted by atomic mass is 16.5. The van der Waals surface area contributed by atoms with Crippen molar-refractivity contribution in [2.24, 2.45) is 0 Å². The van der Waals surface area contributed by atoms with Crippen molar-refractivity contribution < 1.29 is 9.53 Å². The van der Waals surface area contributed by atoms with Crippen LogP contribution in [0.3, 0.4) is 0 Å². The van der Waals surface area contributed by atoms with E-state index in [4.69, 9.17) is 4.74 Å². The first-order valence-electron chi connectivity index (χ1n) is 5.82. The van der Waals surface area contributed by atoms with Gasteiger partial charge in [0.05, 0.1) is 7.11 Å². The van der Waals surface area contributed by atoms with Gasteiger partial charge in [0, 0.05) is 18.9 Å². The molecule has 0 saturated carbocycles. The number of anilines is 2. The molecule has 0 bridgehead atoms. The number of methoxy groups -OCH3 is 1. The van der Waals surface area contributed by atoms with E-state index >= 15 is 0 Å². The van der Waals surface area contributed by atoms with E-state index in [0.717, 1.165) is 5.69 Å². The number of aromatic nitrogens is 2. The van der Waals surface area contributed by atoms with E-state index in [1.54, 1.807) is 0 Å². The minimum atomic E-state index is -0.449. The van der Waals surface area contributed by atoms with Gasteiger partial charge in [0.15, 0.2) is 5.82 Å². The molecule has 1 aromatic carbocycles. The molecule has 98 valence electrons. The number of aryl methyl sites for hydroxylation is 1. The van der Waals surface area contributed by atoms with Crippen LogP contribution in [-0.4, -0.2) is 30.1 Å².